The van der Waals surface area contributed by atoms with Gasteiger partial charge in [-0.3, -0.25) is 14.6 Å². The van der Waals surface area contributed by atoms with Crippen LogP contribution in [0.4, 0.5) is 5.69 Å². The van der Waals surface area contributed by atoms with Gasteiger partial charge in [-0.2, -0.15) is 0 Å². The Balaban J connectivity index is 1.68. The number of hydrogen-bond donors (Lipinski definition) is 2. The van der Waals surface area contributed by atoms with Gasteiger partial charge in [-0.05, 0) is 47.9 Å². The standard InChI is InChI=1S/C19H16ClN3O2/c20-16-4-1-13(2-5-16)3-6-18(24)23-17-11-15(12-22-19(17)25)14-7-9-21-10-8-14/h1-2,4-5,7-12H,3,6H2,(H,22,25)(H,23,24). The van der Waals surface area contributed by atoms with Gasteiger partial charge in [-0.15, -0.1) is 0 Å². The lowest BCUT2D eigenvalue weighted by Crippen LogP contribution is -2.19. The molecular formula is C19H16ClN3O2. The average molecular weight is 354 g/mol. The highest BCUT2D eigenvalue weighted by Crippen LogP contribution is 2.19. The molecule has 1 amide bonds. The van der Waals surface area contributed by atoms with Gasteiger partial charge in [0.05, 0.1) is 0 Å². The molecule has 2 N–H and O–H groups in total. The van der Waals surface area contributed by atoms with Crippen LogP contribution in [-0.2, 0) is 11.2 Å². The van der Waals surface area contributed by atoms with E-state index in [1.807, 2.05) is 24.3 Å². The third-order valence-corrected chi connectivity index (χ3v) is 4.00. The molecule has 0 bridgehead atoms. The first kappa shape index (κ1) is 16.9. The van der Waals surface area contributed by atoms with E-state index in [4.69, 9.17) is 11.6 Å². The fourth-order valence-electron chi connectivity index (χ4n) is 2.41. The summed E-state index contributed by atoms with van der Waals surface area (Å²) in [5.74, 6) is -0.215. The molecule has 25 heavy (non-hydrogen) atoms. The van der Waals surface area contributed by atoms with Crippen LogP contribution in [0.1, 0.15) is 12.0 Å². The quantitative estimate of drug-likeness (QED) is 0.735. The van der Waals surface area contributed by atoms with E-state index in [-0.39, 0.29) is 23.6 Å². The molecule has 0 atom stereocenters. The number of H-pyrrole nitrogens is 1. The molecule has 0 radical (unpaired) electrons. The largest absolute Gasteiger partial charge is 0.327 e. The molecule has 0 fully saturated rings. The minimum absolute atomic E-state index is 0.215. The smallest absolute Gasteiger partial charge is 0.271 e. The van der Waals surface area contributed by atoms with Gasteiger partial charge in [-0.25, -0.2) is 0 Å². The molecule has 0 saturated heterocycles. The second kappa shape index (κ2) is 7.77. The summed E-state index contributed by atoms with van der Waals surface area (Å²) in [6.07, 6.45) is 5.81. The Labute approximate surface area is 149 Å². The van der Waals surface area contributed by atoms with Crippen molar-refractivity contribution in [3.63, 3.8) is 0 Å². The summed E-state index contributed by atoms with van der Waals surface area (Å²) in [7, 11) is 0. The maximum absolute atomic E-state index is 12.2. The Hall–Kier alpha value is -2.92. The number of aromatic nitrogens is 2. The first-order valence-electron chi connectivity index (χ1n) is 7.79. The van der Waals surface area contributed by atoms with Gasteiger partial charge < -0.3 is 10.3 Å². The number of aromatic amines is 1. The normalized spacial score (nSPS) is 10.4. The van der Waals surface area contributed by atoms with Crippen LogP contribution in [0.3, 0.4) is 0 Å². The number of hydrogen-bond acceptors (Lipinski definition) is 3. The molecule has 0 spiro atoms. The van der Waals surface area contributed by atoms with Crippen molar-refractivity contribution in [1.29, 1.82) is 0 Å². The van der Waals surface area contributed by atoms with Crippen LogP contribution < -0.4 is 10.9 Å². The maximum Gasteiger partial charge on any atom is 0.271 e. The highest BCUT2D eigenvalue weighted by atomic mass is 35.5. The summed E-state index contributed by atoms with van der Waals surface area (Å²) in [4.78, 5) is 30.7. The molecule has 0 saturated carbocycles. The number of benzene rings is 1. The number of anilines is 1. The van der Waals surface area contributed by atoms with E-state index in [0.29, 0.717) is 11.4 Å². The monoisotopic (exact) mass is 353 g/mol. The van der Waals surface area contributed by atoms with Crippen LogP contribution in [0.5, 0.6) is 0 Å². The number of aryl methyl sites for hydroxylation is 1. The number of nitrogens with zero attached hydrogens (tertiary/aromatic N) is 1. The van der Waals surface area contributed by atoms with E-state index in [1.165, 1.54) is 0 Å². The number of carbonyl (C=O) groups excluding carboxylic acids is 1. The third-order valence-electron chi connectivity index (χ3n) is 3.74. The van der Waals surface area contributed by atoms with Crippen LogP contribution in [0.25, 0.3) is 11.1 Å². The van der Waals surface area contributed by atoms with E-state index < -0.39 is 0 Å². The van der Waals surface area contributed by atoms with Crippen LogP contribution in [-0.4, -0.2) is 15.9 Å². The van der Waals surface area contributed by atoms with Crippen molar-refractivity contribution in [2.75, 3.05) is 5.32 Å². The lowest BCUT2D eigenvalue weighted by molar-refractivity contribution is -0.116. The second-order valence-corrected chi connectivity index (χ2v) is 5.98. The first-order valence-corrected chi connectivity index (χ1v) is 8.17. The second-order valence-electron chi connectivity index (χ2n) is 5.54. The van der Waals surface area contributed by atoms with Gasteiger partial charge in [0, 0.05) is 35.6 Å². The van der Waals surface area contributed by atoms with E-state index in [9.17, 15) is 9.59 Å². The predicted octanol–water partition coefficient (Wildman–Crippen LogP) is 3.66. The molecule has 2 aromatic heterocycles. The van der Waals surface area contributed by atoms with Crippen LogP contribution in [0, 0.1) is 0 Å². The summed E-state index contributed by atoms with van der Waals surface area (Å²) in [5.41, 5.74) is 2.62. The summed E-state index contributed by atoms with van der Waals surface area (Å²) < 4.78 is 0. The molecule has 1 aromatic carbocycles. The Morgan fingerprint density at radius 3 is 2.52 bits per heavy atom. The Morgan fingerprint density at radius 1 is 1.08 bits per heavy atom. The van der Waals surface area contributed by atoms with Gasteiger partial charge in [0.25, 0.3) is 5.56 Å². The van der Waals surface area contributed by atoms with Crippen molar-refractivity contribution in [1.82, 2.24) is 9.97 Å². The van der Waals surface area contributed by atoms with Gasteiger partial charge >= 0.3 is 0 Å². The Kier molecular flexibility index (Phi) is 5.26. The molecule has 0 aliphatic heterocycles. The number of halogens is 1. The molecule has 5 nitrogen and oxygen atoms in total. The number of rotatable bonds is 5. The summed E-state index contributed by atoms with van der Waals surface area (Å²) >= 11 is 5.84. The highest BCUT2D eigenvalue weighted by Gasteiger charge is 2.08. The Bertz CT molecular complexity index is 921. The van der Waals surface area contributed by atoms with Crippen molar-refractivity contribution in [3.8, 4) is 11.1 Å². The molecule has 3 rings (SSSR count). The van der Waals surface area contributed by atoms with E-state index >= 15 is 0 Å². The van der Waals surface area contributed by atoms with Crippen molar-refractivity contribution in [2.45, 2.75) is 12.8 Å². The summed E-state index contributed by atoms with van der Waals surface area (Å²) in [5, 5.41) is 3.34. The van der Waals surface area contributed by atoms with Gasteiger partial charge in [0.2, 0.25) is 5.91 Å². The fraction of sp³-hybridized carbons (Fsp3) is 0.105. The number of carbonyl (C=O) groups is 1. The number of pyridine rings is 2. The molecule has 0 aliphatic carbocycles. The number of nitrogens with one attached hydrogen (secondary N) is 2. The zero-order valence-electron chi connectivity index (χ0n) is 13.3. The summed E-state index contributed by atoms with van der Waals surface area (Å²) in [6, 6.07) is 12.7. The SMILES string of the molecule is O=C(CCc1ccc(Cl)cc1)Nc1cc(-c2ccncc2)c[nH]c1=O. The zero-order chi connectivity index (χ0) is 17.6. The molecule has 126 valence electrons. The van der Waals surface area contributed by atoms with Gasteiger partial charge in [-0.1, -0.05) is 23.7 Å². The fourth-order valence-corrected chi connectivity index (χ4v) is 2.54. The van der Waals surface area contributed by atoms with Crippen molar-refractivity contribution in [3.05, 3.63) is 82.0 Å². The van der Waals surface area contributed by atoms with Crippen LogP contribution in [0.15, 0.2) is 65.8 Å². The van der Waals surface area contributed by atoms with Crippen LogP contribution in [0.2, 0.25) is 5.02 Å². The lowest BCUT2D eigenvalue weighted by atomic mass is 10.1. The van der Waals surface area contributed by atoms with Crippen molar-refractivity contribution in [2.24, 2.45) is 0 Å². The van der Waals surface area contributed by atoms with E-state index in [2.05, 4.69) is 15.3 Å². The lowest BCUT2D eigenvalue weighted by Gasteiger charge is -2.07. The Morgan fingerprint density at radius 2 is 1.80 bits per heavy atom. The highest BCUT2D eigenvalue weighted by molar-refractivity contribution is 6.30. The molecule has 0 aliphatic rings. The molecule has 0 unspecified atom stereocenters. The topological polar surface area (TPSA) is 74.8 Å². The minimum atomic E-state index is -0.336. The average Bonchev–Trinajstić information content (AvgIpc) is 2.64. The van der Waals surface area contributed by atoms with Crippen LogP contribution >= 0.6 is 11.6 Å². The molecule has 2 heterocycles. The first-order chi connectivity index (χ1) is 12.1. The zero-order valence-corrected chi connectivity index (χ0v) is 14.1. The summed E-state index contributed by atoms with van der Waals surface area (Å²) in [6.45, 7) is 0. The van der Waals surface area contributed by atoms with E-state index in [1.54, 1.807) is 36.8 Å². The third kappa shape index (κ3) is 4.55. The molecular weight excluding hydrogens is 338 g/mol. The van der Waals surface area contributed by atoms with Crippen molar-refractivity contribution >= 4 is 23.2 Å². The van der Waals surface area contributed by atoms with Gasteiger partial charge in [0.1, 0.15) is 5.69 Å². The minimum Gasteiger partial charge on any atom is -0.327 e. The number of amides is 1. The molecule has 6 heteroatoms. The van der Waals surface area contributed by atoms with E-state index in [0.717, 1.165) is 16.7 Å². The molecule has 3 aromatic rings. The van der Waals surface area contributed by atoms with Gasteiger partial charge in [0.15, 0.2) is 0 Å². The maximum atomic E-state index is 12.2. The van der Waals surface area contributed by atoms with Crippen molar-refractivity contribution < 1.29 is 4.79 Å². The predicted molar refractivity (Wildman–Crippen MR) is 98.7 cm³/mol.